The van der Waals surface area contributed by atoms with Crippen molar-refractivity contribution >= 4 is 29.5 Å². The predicted molar refractivity (Wildman–Crippen MR) is 155 cm³/mol. The molecular weight excluding hydrogens is 522 g/mol. The van der Waals surface area contributed by atoms with Crippen LogP contribution in [-0.4, -0.2) is 47.6 Å². The van der Waals surface area contributed by atoms with Crippen molar-refractivity contribution < 1.29 is 23.7 Å². The molecular formula is C30H44N7O4+. The van der Waals surface area contributed by atoms with Gasteiger partial charge in [-0.1, -0.05) is 43.9 Å². The number of amides is 4. The third-order valence-corrected chi connectivity index (χ3v) is 7.94. The van der Waals surface area contributed by atoms with Gasteiger partial charge in [0.2, 0.25) is 23.6 Å². The van der Waals surface area contributed by atoms with E-state index in [1.807, 2.05) is 49.1 Å². The number of primary amides is 1. The molecule has 41 heavy (non-hydrogen) atoms. The minimum absolute atomic E-state index is 0.0139. The maximum absolute atomic E-state index is 13.7. The van der Waals surface area contributed by atoms with Gasteiger partial charge in [0.1, 0.15) is 31.0 Å². The van der Waals surface area contributed by atoms with Gasteiger partial charge in [0.25, 0.3) is 0 Å². The van der Waals surface area contributed by atoms with E-state index in [-0.39, 0.29) is 36.4 Å². The largest absolute Gasteiger partial charge is 0.384 e. The van der Waals surface area contributed by atoms with Gasteiger partial charge in [0.15, 0.2) is 12.4 Å². The van der Waals surface area contributed by atoms with Crippen molar-refractivity contribution in [2.75, 3.05) is 0 Å². The number of aryl methyl sites for hydroxylation is 1. The summed E-state index contributed by atoms with van der Waals surface area (Å²) < 4.78 is 1.85. The summed E-state index contributed by atoms with van der Waals surface area (Å²) >= 11 is 0. The van der Waals surface area contributed by atoms with Gasteiger partial charge in [-0.2, -0.15) is 0 Å². The molecule has 11 nitrogen and oxygen atoms in total. The highest BCUT2D eigenvalue weighted by Gasteiger charge is 2.35. The second-order valence-electron chi connectivity index (χ2n) is 11.3. The standard InChI is InChI=1S/C30H43N7O4/c1-18-14-23(27(31)32)12-11-22(18)16-25(34-19(2)38)29(40)36-26(21-9-5-4-6-10-21)30(41)35-24(28(33)39)15-20-8-7-13-37(3)17-20/h7-8,11-13,17-18,21,24-26H,4-6,9-10,14-16H2,1-3H3,(H7-,31,32,33,34,35,36,38,39,40,41)/p+1/t18?,24-,25-,26?/m0/s1. The summed E-state index contributed by atoms with van der Waals surface area (Å²) in [6, 6.07) is 0.977. The summed E-state index contributed by atoms with van der Waals surface area (Å²) in [5.74, 6) is -2.02. The third kappa shape index (κ3) is 9.26. The van der Waals surface area contributed by atoms with Gasteiger partial charge in [0, 0.05) is 25.0 Å². The van der Waals surface area contributed by atoms with E-state index in [0.29, 0.717) is 6.42 Å². The maximum Gasteiger partial charge on any atom is 0.243 e. The highest BCUT2D eigenvalue weighted by Crippen LogP contribution is 2.29. The molecule has 1 aromatic heterocycles. The fraction of sp³-hybridized carbons (Fsp3) is 0.533. The van der Waals surface area contributed by atoms with Crippen LogP contribution in [0.1, 0.15) is 64.4 Å². The Bertz CT molecular complexity index is 1220. The second-order valence-corrected chi connectivity index (χ2v) is 11.3. The molecule has 4 atom stereocenters. The minimum Gasteiger partial charge on any atom is -0.384 e. The van der Waals surface area contributed by atoms with Crippen LogP contribution in [0.15, 0.2) is 47.8 Å². The molecule has 2 aliphatic rings. The molecule has 1 aromatic rings. The number of hydrogen-bond acceptors (Lipinski definition) is 5. The molecule has 0 bridgehead atoms. The summed E-state index contributed by atoms with van der Waals surface area (Å²) in [5, 5.41) is 16.2. The average Bonchev–Trinajstić information content (AvgIpc) is 2.91. The number of hydrogen-bond donors (Lipinski definition) is 6. The smallest absolute Gasteiger partial charge is 0.243 e. The zero-order valence-corrected chi connectivity index (χ0v) is 24.2. The van der Waals surface area contributed by atoms with Gasteiger partial charge in [-0.05, 0) is 49.2 Å². The first-order valence-corrected chi connectivity index (χ1v) is 14.3. The summed E-state index contributed by atoms with van der Waals surface area (Å²) in [6.07, 6.45) is 12.8. The average molecular weight is 567 g/mol. The normalized spacial score (nSPS) is 19.5. The number of aromatic nitrogens is 1. The Hall–Kier alpha value is -4.02. The monoisotopic (exact) mass is 566 g/mol. The summed E-state index contributed by atoms with van der Waals surface area (Å²) in [4.78, 5) is 51.7. The molecule has 1 saturated carbocycles. The lowest BCUT2D eigenvalue weighted by molar-refractivity contribution is -0.671. The molecule has 0 radical (unpaired) electrons. The van der Waals surface area contributed by atoms with Crippen molar-refractivity contribution in [2.45, 2.75) is 83.3 Å². The lowest BCUT2D eigenvalue weighted by atomic mass is 9.82. The Morgan fingerprint density at radius 3 is 2.29 bits per heavy atom. The molecule has 2 unspecified atom stereocenters. The van der Waals surface area contributed by atoms with Crippen LogP contribution in [0, 0.1) is 17.2 Å². The van der Waals surface area contributed by atoms with Crippen molar-refractivity contribution in [2.24, 2.45) is 30.4 Å². The quantitative estimate of drug-likeness (QED) is 0.124. The first-order chi connectivity index (χ1) is 19.4. The number of nitrogens with two attached hydrogens (primary N) is 2. The molecule has 1 heterocycles. The molecule has 0 aliphatic heterocycles. The number of carbonyl (C=O) groups is 4. The Balaban J connectivity index is 1.80. The van der Waals surface area contributed by atoms with Crippen molar-refractivity contribution in [3.8, 4) is 0 Å². The lowest BCUT2D eigenvalue weighted by Gasteiger charge is -2.32. The minimum atomic E-state index is -0.950. The summed E-state index contributed by atoms with van der Waals surface area (Å²) in [6.45, 7) is 3.33. The fourth-order valence-electron chi connectivity index (χ4n) is 5.67. The van der Waals surface area contributed by atoms with Crippen LogP contribution in [0.25, 0.3) is 0 Å². The van der Waals surface area contributed by atoms with E-state index in [0.717, 1.165) is 48.8 Å². The van der Waals surface area contributed by atoms with E-state index in [9.17, 15) is 19.2 Å². The maximum atomic E-state index is 13.7. The van der Waals surface area contributed by atoms with Gasteiger partial charge in [-0.3, -0.25) is 24.6 Å². The number of nitrogens with zero attached hydrogens (tertiary/aromatic N) is 1. The molecule has 0 aromatic carbocycles. The molecule has 4 amide bonds. The topological polar surface area (TPSA) is 184 Å². The first-order valence-electron chi connectivity index (χ1n) is 14.3. The van der Waals surface area contributed by atoms with Crippen molar-refractivity contribution in [1.82, 2.24) is 16.0 Å². The zero-order valence-electron chi connectivity index (χ0n) is 24.2. The number of rotatable bonds is 12. The number of allylic oxidation sites excluding steroid dienone is 2. The third-order valence-electron chi connectivity index (χ3n) is 7.94. The number of carbonyl (C=O) groups excluding carboxylic acids is 4. The van der Waals surface area contributed by atoms with E-state index < -0.39 is 35.8 Å². The molecule has 8 N–H and O–H groups in total. The Morgan fingerprint density at radius 2 is 1.71 bits per heavy atom. The zero-order chi connectivity index (χ0) is 30.1. The molecule has 11 heteroatoms. The van der Waals surface area contributed by atoms with Crippen molar-refractivity contribution in [3.63, 3.8) is 0 Å². The van der Waals surface area contributed by atoms with Crippen LogP contribution in [0.3, 0.4) is 0 Å². The highest BCUT2D eigenvalue weighted by atomic mass is 16.2. The number of pyridine rings is 1. The number of nitrogens with one attached hydrogen (secondary N) is 4. The molecule has 2 aliphatic carbocycles. The molecule has 0 spiro atoms. The second kappa shape index (κ2) is 14.6. The van der Waals surface area contributed by atoms with Gasteiger partial charge in [-0.25, -0.2) is 4.57 Å². The van der Waals surface area contributed by atoms with Crippen LogP contribution in [-0.2, 0) is 32.6 Å². The first kappa shape index (κ1) is 31.5. The Morgan fingerprint density at radius 1 is 1.00 bits per heavy atom. The van der Waals surface area contributed by atoms with E-state index in [1.54, 1.807) is 6.08 Å². The van der Waals surface area contributed by atoms with Crippen LogP contribution in [0.5, 0.6) is 0 Å². The van der Waals surface area contributed by atoms with Crippen molar-refractivity contribution in [3.05, 3.63) is 53.4 Å². The van der Waals surface area contributed by atoms with E-state index in [1.165, 1.54) is 6.92 Å². The summed E-state index contributed by atoms with van der Waals surface area (Å²) in [5.41, 5.74) is 13.8. The van der Waals surface area contributed by atoms with E-state index in [2.05, 4.69) is 16.0 Å². The van der Waals surface area contributed by atoms with E-state index >= 15 is 0 Å². The Labute approximate surface area is 241 Å². The SMILES string of the molecule is CC(=O)N[C@@H](CC1=CC=C(C(=N)N)CC1C)C(=O)NC(C(=O)N[C@@H](Cc1ccc[n+](C)c1)C(N)=O)C1CCCCC1. The number of amidine groups is 1. The fourth-order valence-corrected chi connectivity index (χ4v) is 5.67. The van der Waals surface area contributed by atoms with Crippen molar-refractivity contribution in [1.29, 1.82) is 5.41 Å². The lowest BCUT2D eigenvalue weighted by Crippen LogP contribution is -2.59. The summed E-state index contributed by atoms with van der Waals surface area (Å²) in [7, 11) is 1.87. The highest BCUT2D eigenvalue weighted by molar-refractivity contribution is 5.95. The van der Waals surface area contributed by atoms with Gasteiger partial charge < -0.3 is 27.4 Å². The van der Waals surface area contributed by atoms with Crippen LogP contribution in [0.4, 0.5) is 0 Å². The molecule has 0 saturated heterocycles. The van der Waals surface area contributed by atoms with Crippen LogP contribution < -0.4 is 32.0 Å². The van der Waals surface area contributed by atoms with Crippen LogP contribution >= 0.6 is 0 Å². The van der Waals surface area contributed by atoms with E-state index in [4.69, 9.17) is 16.9 Å². The molecule has 3 rings (SSSR count). The van der Waals surface area contributed by atoms with Gasteiger partial charge >= 0.3 is 0 Å². The predicted octanol–water partition coefficient (Wildman–Crippen LogP) is 0.812. The molecule has 222 valence electrons. The van der Waals surface area contributed by atoms with Gasteiger partial charge in [-0.15, -0.1) is 0 Å². The Kier molecular flexibility index (Phi) is 11.2. The molecule has 1 fully saturated rings. The van der Waals surface area contributed by atoms with Crippen LogP contribution in [0.2, 0.25) is 0 Å². The van der Waals surface area contributed by atoms with Gasteiger partial charge in [0.05, 0.1) is 0 Å².